The number of aliphatic hydroxyl groups is 1. The molecular weight excluding hydrogens is 190 g/mol. The monoisotopic (exact) mass is 205 g/mol. The highest BCUT2D eigenvalue weighted by Crippen LogP contribution is 1.97. The molecule has 0 saturated carbocycles. The fourth-order valence-corrected chi connectivity index (χ4v) is 0.906. The van der Waals surface area contributed by atoms with Crippen LogP contribution in [-0.4, -0.2) is 34.4 Å². The lowest BCUT2D eigenvalue weighted by Crippen LogP contribution is -2.48. The van der Waals surface area contributed by atoms with Crippen LogP contribution in [0.2, 0.25) is 0 Å². The quantitative estimate of drug-likeness (QED) is 0.422. The zero-order valence-corrected chi connectivity index (χ0v) is 8.19. The second-order valence-corrected chi connectivity index (χ2v) is 2.95. The van der Waals surface area contributed by atoms with Crippen LogP contribution in [0.25, 0.3) is 0 Å². The molecule has 0 aromatic heterocycles. The Bertz CT molecular complexity index is 204. The number of amides is 1. The summed E-state index contributed by atoms with van der Waals surface area (Å²) >= 11 is 0. The molecule has 0 aliphatic heterocycles. The van der Waals surface area contributed by atoms with Crippen molar-refractivity contribution in [2.24, 2.45) is 0 Å². The first-order valence-corrected chi connectivity index (χ1v) is 4.35. The Morgan fingerprint density at radius 3 is 2.43 bits per heavy atom. The van der Waals surface area contributed by atoms with Gasteiger partial charge in [-0.3, -0.25) is 9.68 Å². The summed E-state index contributed by atoms with van der Waals surface area (Å²) in [5, 5.41) is 19.4. The van der Waals surface area contributed by atoms with Crippen LogP contribution in [0, 0.1) is 0 Å². The minimum absolute atomic E-state index is 0.252. The third-order valence-corrected chi connectivity index (χ3v) is 1.62. The van der Waals surface area contributed by atoms with E-state index in [1.165, 1.54) is 6.92 Å². The standard InChI is InChI=1S/C8H15NO5/c1-3-4-6(11)9-7(5(2)10)8(12)14-13/h5,7,10,13H,3-4H2,1-2H3,(H,9,11)/t5-,7+/m1/s1. The van der Waals surface area contributed by atoms with E-state index in [0.717, 1.165) is 0 Å². The van der Waals surface area contributed by atoms with E-state index in [-0.39, 0.29) is 12.3 Å². The minimum Gasteiger partial charge on any atom is -0.391 e. The molecular formula is C8H15NO5. The first-order chi connectivity index (χ1) is 6.52. The van der Waals surface area contributed by atoms with E-state index in [0.29, 0.717) is 6.42 Å². The Balaban J connectivity index is 4.23. The highest BCUT2D eigenvalue weighted by molar-refractivity contribution is 5.84. The van der Waals surface area contributed by atoms with Crippen LogP contribution in [0.15, 0.2) is 0 Å². The van der Waals surface area contributed by atoms with Gasteiger partial charge < -0.3 is 10.4 Å². The minimum atomic E-state index is -1.22. The molecule has 0 spiro atoms. The smallest absolute Gasteiger partial charge is 0.366 e. The molecule has 1 amide bonds. The van der Waals surface area contributed by atoms with Crippen molar-refractivity contribution >= 4 is 11.9 Å². The summed E-state index contributed by atoms with van der Waals surface area (Å²) in [6.07, 6.45) is -0.232. The Labute approximate surface area is 81.8 Å². The average Bonchev–Trinajstić information content (AvgIpc) is 2.13. The van der Waals surface area contributed by atoms with Crippen molar-refractivity contribution in [3.8, 4) is 0 Å². The third kappa shape index (κ3) is 4.20. The van der Waals surface area contributed by atoms with Gasteiger partial charge >= 0.3 is 5.97 Å². The Morgan fingerprint density at radius 1 is 1.50 bits per heavy atom. The van der Waals surface area contributed by atoms with E-state index < -0.39 is 18.1 Å². The van der Waals surface area contributed by atoms with Crippen molar-refractivity contribution in [3.63, 3.8) is 0 Å². The van der Waals surface area contributed by atoms with Gasteiger partial charge in [0.1, 0.15) is 0 Å². The number of carbonyl (C=O) groups excluding carboxylic acids is 2. The summed E-state index contributed by atoms with van der Waals surface area (Å²) in [4.78, 5) is 25.4. The normalized spacial score (nSPS) is 14.3. The summed E-state index contributed by atoms with van der Waals surface area (Å²) < 4.78 is 0. The molecule has 0 radical (unpaired) electrons. The molecule has 3 N–H and O–H groups in total. The molecule has 0 fully saturated rings. The lowest BCUT2D eigenvalue weighted by molar-refractivity contribution is -0.238. The first-order valence-electron chi connectivity index (χ1n) is 4.35. The first kappa shape index (κ1) is 12.9. The zero-order valence-electron chi connectivity index (χ0n) is 8.19. The number of carbonyl (C=O) groups is 2. The Hall–Kier alpha value is -1.14. The van der Waals surface area contributed by atoms with Gasteiger partial charge in [-0.25, -0.2) is 4.79 Å². The van der Waals surface area contributed by atoms with Crippen molar-refractivity contribution < 1.29 is 24.8 Å². The van der Waals surface area contributed by atoms with E-state index in [4.69, 9.17) is 10.4 Å². The highest BCUT2D eigenvalue weighted by atomic mass is 17.1. The maximum Gasteiger partial charge on any atom is 0.366 e. The van der Waals surface area contributed by atoms with E-state index in [1.807, 2.05) is 0 Å². The maximum absolute atomic E-state index is 11.1. The summed E-state index contributed by atoms with van der Waals surface area (Å²) in [5.41, 5.74) is 0. The van der Waals surface area contributed by atoms with E-state index in [2.05, 4.69) is 10.2 Å². The van der Waals surface area contributed by atoms with Gasteiger partial charge in [0.25, 0.3) is 0 Å². The number of hydrogen-bond acceptors (Lipinski definition) is 5. The fraction of sp³-hybridized carbons (Fsp3) is 0.750. The molecule has 0 rings (SSSR count). The molecule has 6 nitrogen and oxygen atoms in total. The molecule has 0 unspecified atom stereocenters. The van der Waals surface area contributed by atoms with Crippen LogP contribution in [0.5, 0.6) is 0 Å². The number of aliphatic hydroxyl groups excluding tert-OH is 1. The summed E-state index contributed by atoms with van der Waals surface area (Å²) in [5.74, 6) is -1.45. The molecule has 0 bridgehead atoms. The van der Waals surface area contributed by atoms with Gasteiger partial charge in [-0.15, -0.1) is 0 Å². The SMILES string of the molecule is CCCC(=O)N[C@H](C(=O)OO)[C@@H](C)O. The molecule has 14 heavy (non-hydrogen) atoms. The van der Waals surface area contributed by atoms with Gasteiger partial charge in [0, 0.05) is 6.42 Å². The van der Waals surface area contributed by atoms with Crippen molar-refractivity contribution in [1.29, 1.82) is 0 Å². The van der Waals surface area contributed by atoms with E-state index in [1.54, 1.807) is 6.92 Å². The van der Waals surface area contributed by atoms with Gasteiger partial charge in [0.05, 0.1) is 6.10 Å². The zero-order chi connectivity index (χ0) is 11.1. The second kappa shape index (κ2) is 6.33. The summed E-state index contributed by atoms with van der Waals surface area (Å²) in [6, 6.07) is -1.22. The van der Waals surface area contributed by atoms with Crippen molar-refractivity contribution in [3.05, 3.63) is 0 Å². The second-order valence-electron chi connectivity index (χ2n) is 2.95. The Kier molecular flexibility index (Phi) is 5.82. The lowest BCUT2D eigenvalue weighted by atomic mass is 10.2. The van der Waals surface area contributed by atoms with Gasteiger partial charge in [0.2, 0.25) is 5.91 Å². The van der Waals surface area contributed by atoms with Gasteiger partial charge in [-0.1, -0.05) is 6.92 Å². The number of nitrogens with one attached hydrogen (secondary N) is 1. The summed E-state index contributed by atoms with van der Waals surface area (Å²) in [6.45, 7) is 3.12. The molecule has 82 valence electrons. The predicted molar refractivity (Wildman–Crippen MR) is 47.2 cm³/mol. The molecule has 0 aliphatic rings. The Morgan fingerprint density at radius 2 is 2.07 bits per heavy atom. The van der Waals surface area contributed by atoms with Crippen LogP contribution in [-0.2, 0) is 14.5 Å². The van der Waals surface area contributed by atoms with Crippen molar-refractivity contribution in [2.45, 2.75) is 38.8 Å². The maximum atomic E-state index is 11.1. The average molecular weight is 205 g/mol. The largest absolute Gasteiger partial charge is 0.391 e. The van der Waals surface area contributed by atoms with Crippen molar-refractivity contribution in [2.75, 3.05) is 0 Å². The lowest BCUT2D eigenvalue weighted by Gasteiger charge is -2.17. The van der Waals surface area contributed by atoms with Crippen molar-refractivity contribution in [1.82, 2.24) is 5.32 Å². The van der Waals surface area contributed by atoms with E-state index in [9.17, 15) is 9.59 Å². The van der Waals surface area contributed by atoms with Crippen LogP contribution >= 0.6 is 0 Å². The molecule has 0 heterocycles. The number of rotatable bonds is 5. The topological polar surface area (TPSA) is 95.9 Å². The molecule has 0 saturated heterocycles. The van der Waals surface area contributed by atoms with Gasteiger partial charge in [0.15, 0.2) is 6.04 Å². The fourth-order valence-electron chi connectivity index (χ4n) is 0.906. The molecule has 0 aliphatic carbocycles. The summed E-state index contributed by atoms with van der Waals surface area (Å²) in [7, 11) is 0. The molecule has 0 aromatic rings. The van der Waals surface area contributed by atoms with Crippen LogP contribution < -0.4 is 5.32 Å². The van der Waals surface area contributed by atoms with Crippen LogP contribution in [0.3, 0.4) is 0 Å². The van der Waals surface area contributed by atoms with Gasteiger partial charge in [-0.2, -0.15) is 5.26 Å². The van der Waals surface area contributed by atoms with Crippen LogP contribution in [0.4, 0.5) is 0 Å². The highest BCUT2D eigenvalue weighted by Gasteiger charge is 2.27. The molecule has 2 atom stereocenters. The molecule has 0 aromatic carbocycles. The molecule has 6 heteroatoms. The third-order valence-electron chi connectivity index (χ3n) is 1.62. The van der Waals surface area contributed by atoms with E-state index >= 15 is 0 Å². The number of hydrogen-bond donors (Lipinski definition) is 3. The van der Waals surface area contributed by atoms with Gasteiger partial charge in [-0.05, 0) is 13.3 Å². The van der Waals surface area contributed by atoms with Crippen LogP contribution in [0.1, 0.15) is 26.7 Å². The predicted octanol–water partition coefficient (Wildman–Crippen LogP) is -0.332.